The van der Waals surface area contributed by atoms with Gasteiger partial charge in [-0.05, 0) is 55.0 Å². The number of imidazole rings is 1. The molecule has 34 heavy (non-hydrogen) atoms. The zero-order chi connectivity index (χ0) is 24.6. The number of nitrogens with zero attached hydrogens (tertiary/aromatic N) is 2. The number of amides is 1. The number of nitrogens with one attached hydrogen (secondary N) is 1. The van der Waals surface area contributed by atoms with E-state index in [2.05, 4.69) is 66.2 Å². The van der Waals surface area contributed by atoms with Crippen LogP contribution < -0.4 is 10.1 Å². The molecule has 1 heterocycles. The number of unbranched alkanes of at least 4 members (excludes halogenated alkanes) is 2. The quantitative estimate of drug-likeness (QED) is 0.312. The van der Waals surface area contributed by atoms with Crippen LogP contribution in [0.4, 0.5) is 0 Å². The van der Waals surface area contributed by atoms with Crippen LogP contribution in [-0.2, 0) is 17.8 Å². The van der Waals surface area contributed by atoms with Gasteiger partial charge in [-0.15, -0.1) is 0 Å². The second kappa shape index (κ2) is 12.0. The summed E-state index contributed by atoms with van der Waals surface area (Å²) in [4.78, 5) is 16.9. The van der Waals surface area contributed by atoms with Gasteiger partial charge in [0.1, 0.15) is 11.6 Å². The van der Waals surface area contributed by atoms with E-state index in [1.54, 1.807) is 0 Å². The Morgan fingerprint density at radius 2 is 1.74 bits per heavy atom. The zero-order valence-corrected chi connectivity index (χ0v) is 21.6. The van der Waals surface area contributed by atoms with Gasteiger partial charge in [0.15, 0.2) is 0 Å². The lowest BCUT2D eigenvalue weighted by atomic mass is 9.96. The van der Waals surface area contributed by atoms with Crippen molar-refractivity contribution in [2.75, 3.05) is 13.2 Å². The van der Waals surface area contributed by atoms with Crippen LogP contribution in [0.3, 0.4) is 0 Å². The Morgan fingerprint density at radius 3 is 2.44 bits per heavy atom. The fourth-order valence-electron chi connectivity index (χ4n) is 3.98. The average molecular weight is 464 g/mol. The first-order valence-electron chi connectivity index (χ1n) is 12.7. The summed E-state index contributed by atoms with van der Waals surface area (Å²) in [7, 11) is 0. The van der Waals surface area contributed by atoms with Gasteiger partial charge in [0.2, 0.25) is 5.91 Å². The van der Waals surface area contributed by atoms with E-state index in [9.17, 15) is 4.79 Å². The summed E-state index contributed by atoms with van der Waals surface area (Å²) in [5.41, 5.74) is 3.25. The Kier molecular flexibility index (Phi) is 9.14. The molecule has 0 radical (unpaired) electrons. The summed E-state index contributed by atoms with van der Waals surface area (Å²) >= 11 is 0. The van der Waals surface area contributed by atoms with Crippen LogP contribution in [0.25, 0.3) is 11.0 Å². The monoisotopic (exact) mass is 463 g/mol. The molecule has 1 amide bonds. The van der Waals surface area contributed by atoms with Crippen LogP contribution in [0, 0.1) is 5.41 Å². The molecule has 0 saturated heterocycles. The number of para-hydroxylation sites is 2. The standard InChI is InChI=1S/C29H41N3O2/c1-22(2)23-15-17-24(18-16-23)34-21-11-20-32-26-13-9-8-12-25(26)31-27(32)14-7-6-10-19-30-28(33)29(3,4)5/h8-9,12-13,15-18,22H,6-7,10-11,14,19-21H2,1-5H3,(H,30,33). The predicted octanol–water partition coefficient (Wildman–Crippen LogP) is 6.50. The zero-order valence-electron chi connectivity index (χ0n) is 21.6. The lowest BCUT2D eigenvalue weighted by molar-refractivity contribution is -0.128. The molecule has 184 valence electrons. The minimum absolute atomic E-state index is 0.118. The number of rotatable bonds is 12. The molecule has 0 bridgehead atoms. The van der Waals surface area contributed by atoms with Crippen molar-refractivity contribution in [2.45, 2.75) is 79.2 Å². The van der Waals surface area contributed by atoms with Gasteiger partial charge in [0, 0.05) is 24.9 Å². The number of hydrogen-bond acceptors (Lipinski definition) is 3. The first-order chi connectivity index (χ1) is 16.3. The van der Waals surface area contributed by atoms with E-state index in [1.165, 1.54) is 11.1 Å². The number of carbonyl (C=O) groups excluding carboxylic acids is 1. The summed E-state index contributed by atoms with van der Waals surface area (Å²) < 4.78 is 8.34. The second-order valence-electron chi connectivity index (χ2n) is 10.4. The molecule has 1 aromatic heterocycles. The molecule has 1 N–H and O–H groups in total. The van der Waals surface area contributed by atoms with Crippen molar-refractivity contribution in [1.82, 2.24) is 14.9 Å². The molecule has 2 aromatic carbocycles. The van der Waals surface area contributed by atoms with E-state index in [-0.39, 0.29) is 11.3 Å². The smallest absolute Gasteiger partial charge is 0.225 e. The summed E-state index contributed by atoms with van der Waals surface area (Å²) in [6.07, 6.45) is 5.00. The van der Waals surface area contributed by atoms with Crippen LogP contribution in [0.5, 0.6) is 5.75 Å². The van der Waals surface area contributed by atoms with Gasteiger partial charge in [0.05, 0.1) is 17.6 Å². The van der Waals surface area contributed by atoms with Gasteiger partial charge in [-0.3, -0.25) is 4.79 Å². The highest BCUT2D eigenvalue weighted by molar-refractivity contribution is 5.81. The first kappa shape index (κ1) is 25.8. The minimum atomic E-state index is -0.327. The van der Waals surface area contributed by atoms with Crippen molar-refractivity contribution in [3.8, 4) is 5.75 Å². The largest absolute Gasteiger partial charge is 0.494 e. The highest BCUT2D eigenvalue weighted by Crippen LogP contribution is 2.20. The van der Waals surface area contributed by atoms with E-state index in [0.29, 0.717) is 12.5 Å². The lowest BCUT2D eigenvalue weighted by Gasteiger charge is -2.17. The van der Waals surface area contributed by atoms with Gasteiger partial charge in [-0.2, -0.15) is 0 Å². The molecule has 0 aliphatic heterocycles. The Hall–Kier alpha value is -2.82. The van der Waals surface area contributed by atoms with Gasteiger partial charge < -0.3 is 14.6 Å². The van der Waals surface area contributed by atoms with E-state index in [1.807, 2.05) is 26.8 Å². The highest BCUT2D eigenvalue weighted by atomic mass is 16.5. The Bertz CT molecular complexity index is 1050. The van der Waals surface area contributed by atoms with Crippen LogP contribution in [0.15, 0.2) is 48.5 Å². The van der Waals surface area contributed by atoms with E-state index < -0.39 is 0 Å². The second-order valence-corrected chi connectivity index (χ2v) is 10.4. The predicted molar refractivity (Wildman–Crippen MR) is 140 cm³/mol. The molecule has 0 spiro atoms. The fourth-order valence-corrected chi connectivity index (χ4v) is 3.98. The van der Waals surface area contributed by atoms with Gasteiger partial charge in [-0.1, -0.05) is 65.3 Å². The van der Waals surface area contributed by atoms with Crippen LogP contribution in [0.2, 0.25) is 0 Å². The van der Waals surface area contributed by atoms with Crippen molar-refractivity contribution >= 4 is 16.9 Å². The summed E-state index contributed by atoms with van der Waals surface area (Å²) in [6, 6.07) is 16.8. The molecule has 0 aliphatic carbocycles. The topological polar surface area (TPSA) is 56.1 Å². The normalized spacial score (nSPS) is 11.8. The van der Waals surface area contributed by atoms with Gasteiger partial charge in [-0.25, -0.2) is 4.98 Å². The number of fused-ring (bicyclic) bond motifs is 1. The molecule has 5 nitrogen and oxygen atoms in total. The maximum absolute atomic E-state index is 12.0. The van der Waals surface area contributed by atoms with Crippen LogP contribution in [-0.4, -0.2) is 28.6 Å². The molecular weight excluding hydrogens is 422 g/mol. The molecule has 3 aromatic rings. The van der Waals surface area contributed by atoms with Crippen LogP contribution >= 0.6 is 0 Å². The lowest BCUT2D eigenvalue weighted by Crippen LogP contribution is -2.35. The van der Waals surface area contributed by atoms with Gasteiger partial charge >= 0.3 is 0 Å². The number of hydrogen-bond donors (Lipinski definition) is 1. The van der Waals surface area contributed by atoms with E-state index in [0.717, 1.165) is 62.3 Å². The van der Waals surface area contributed by atoms with Crippen molar-refractivity contribution < 1.29 is 9.53 Å². The maximum Gasteiger partial charge on any atom is 0.225 e. The van der Waals surface area contributed by atoms with Crippen molar-refractivity contribution in [3.05, 3.63) is 59.9 Å². The molecule has 0 saturated carbocycles. The number of aryl methyl sites for hydroxylation is 2. The molecule has 0 atom stereocenters. The third-order valence-corrected chi connectivity index (χ3v) is 6.12. The van der Waals surface area contributed by atoms with Crippen molar-refractivity contribution in [1.29, 1.82) is 0 Å². The van der Waals surface area contributed by atoms with Gasteiger partial charge in [0.25, 0.3) is 0 Å². The summed E-state index contributed by atoms with van der Waals surface area (Å²) in [6.45, 7) is 12.5. The molecule has 0 aliphatic rings. The average Bonchev–Trinajstić information content (AvgIpc) is 3.15. The summed E-state index contributed by atoms with van der Waals surface area (Å²) in [5, 5.41) is 3.04. The Morgan fingerprint density at radius 1 is 1.00 bits per heavy atom. The molecular formula is C29H41N3O2. The Labute approximate surface area is 204 Å². The minimum Gasteiger partial charge on any atom is -0.494 e. The Balaban J connectivity index is 1.49. The highest BCUT2D eigenvalue weighted by Gasteiger charge is 2.20. The van der Waals surface area contributed by atoms with Crippen molar-refractivity contribution in [2.24, 2.45) is 5.41 Å². The molecule has 0 fully saturated rings. The third-order valence-electron chi connectivity index (χ3n) is 6.12. The van der Waals surface area contributed by atoms with Crippen molar-refractivity contribution in [3.63, 3.8) is 0 Å². The number of benzene rings is 2. The van der Waals surface area contributed by atoms with E-state index in [4.69, 9.17) is 9.72 Å². The number of aromatic nitrogens is 2. The fraction of sp³-hybridized carbons (Fsp3) is 0.517. The van der Waals surface area contributed by atoms with Crippen LogP contribution in [0.1, 0.15) is 77.6 Å². The number of ether oxygens (including phenoxy) is 1. The SMILES string of the molecule is CC(C)c1ccc(OCCCn2c(CCCCCNC(=O)C(C)(C)C)nc3ccccc32)cc1. The molecule has 0 unspecified atom stereocenters. The maximum atomic E-state index is 12.0. The van der Waals surface area contributed by atoms with E-state index >= 15 is 0 Å². The molecule has 3 rings (SSSR count). The summed E-state index contributed by atoms with van der Waals surface area (Å²) in [5.74, 6) is 2.72. The molecule has 5 heteroatoms. The third kappa shape index (κ3) is 7.34. The number of carbonyl (C=O) groups is 1. The first-order valence-corrected chi connectivity index (χ1v) is 12.7.